The molecule has 2 nitrogen and oxygen atoms in total. The van der Waals surface area contributed by atoms with Crippen LogP contribution < -0.4 is 0 Å². The Hall–Kier alpha value is -1.67. The van der Waals surface area contributed by atoms with Crippen LogP contribution in [0, 0.1) is 5.41 Å². The van der Waals surface area contributed by atoms with Crippen molar-refractivity contribution in [2.75, 3.05) is 7.11 Å². The Bertz CT molecular complexity index is 588. The fourth-order valence-corrected chi connectivity index (χ4v) is 2.44. The van der Waals surface area contributed by atoms with Crippen molar-refractivity contribution in [2.24, 2.45) is 5.41 Å². The zero-order valence-corrected chi connectivity index (χ0v) is 11.9. The summed E-state index contributed by atoms with van der Waals surface area (Å²) < 4.78 is 5.43. The molecule has 1 atom stereocenters. The molecule has 0 spiro atoms. The topological polar surface area (TPSA) is 26.3 Å². The molecule has 0 amide bonds. The van der Waals surface area contributed by atoms with Crippen LogP contribution in [0.15, 0.2) is 42.5 Å². The SMILES string of the molecule is COC(C(=O)c1cccc2ccccc12)C(C)(C)C. The predicted octanol–water partition coefficient (Wildman–Crippen LogP) is 4.08. The maximum absolute atomic E-state index is 12.7. The average Bonchev–Trinajstić information content (AvgIpc) is 2.37. The summed E-state index contributed by atoms with van der Waals surface area (Å²) in [4.78, 5) is 12.7. The van der Waals surface area contributed by atoms with E-state index in [1.165, 1.54) is 0 Å². The molecular formula is C17H20O2. The Morgan fingerprint density at radius 1 is 1.05 bits per heavy atom. The molecule has 0 saturated carbocycles. The first kappa shape index (κ1) is 13.8. The molecule has 0 aliphatic carbocycles. The van der Waals surface area contributed by atoms with Crippen molar-refractivity contribution in [2.45, 2.75) is 26.9 Å². The minimum absolute atomic E-state index is 0.0480. The molecule has 1 unspecified atom stereocenters. The van der Waals surface area contributed by atoms with Gasteiger partial charge in [-0.05, 0) is 16.2 Å². The lowest BCUT2D eigenvalue weighted by atomic mass is 9.83. The minimum atomic E-state index is -0.432. The summed E-state index contributed by atoms with van der Waals surface area (Å²) in [7, 11) is 1.60. The first-order valence-electron chi connectivity index (χ1n) is 6.50. The van der Waals surface area contributed by atoms with E-state index in [1.54, 1.807) is 7.11 Å². The van der Waals surface area contributed by atoms with Crippen molar-refractivity contribution < 1.29 is 9.53 Å². The van der Waals surface area contributed by atoms with Crippen LogP contribution in [0.25, 0.3) is 10.8 Å². The van der Waals surface area contributed by atoms with E-state index in [0.717, 1.165) is 16.3 Å². The number of fused-ring (bicyclic) bond motifs is 1. The highest BCUT2D eigenvalue weighted by atomic mass is 16.5. The van der Waals surface area contributed by atoms with Crippen molar-refractivity contribution in [1.82, 2.24) is 0 Å². The van der Waals surface area contributed by atoms with E-state index in [9.17, 15) is 4.79 Å². The Morgan fingerprint density at radius 2 is 1.68 bits per heavy atom. The summed E-state index contributed by atoms with van der Waals surface area (Å²) in [6.07, 6.45) is -0.432. The monoisotopic (exact) mass is 256 g/mol. The Labute approximate surface area is 114 Å². The number of Topliss-reactive ketones (excluding diaryl/α,β-unsaturated/α-hetero) is 1. The molecule has 0 heterocycles. The average molecular weight is 256 g/mol. The van der Waals surface area contributed by atoms with Gasteiger partial charge < -0.3 is 4.74 Å². The van der Waals surface area contributed by atoms with Gasteiger partial charge in [-0.25, -0.2) is 0 Å². The van der Waals surface area contributed by atoms with Gasteiger partial charge in [0.05, 0.1) is 0 Å². The lowest BCUT2D eigenvalue weighted by Gasteiger charge is -2.28. The number of hydrogen-bond acceptors (Lipinski definition) is 2. The molecule has 0 aromatic heterocycles. The molecule has 2 rings (SSSR count). The second kappa shape index (κ2) is 5.14. The van der Waals surface area contributed by atoms with Gasteiger partial charge in [0, 0.05) is 12.7 Å². The van der Waals surface area contributed by atoms with E-state index < -0.39 is 6.10 Å². The zero-order chi connectivity index (χ0) is 14.0. The number of carbonyl (C=O) groups excluding carboxylic acids is 1. The lowest BCUT2D eigenvalue weighted by molar-refractivity contribution is 0.0197. The highest BCUT2D eigenvalue weighted by molar-refractivity contribution is 6.10. The molecule has 0 radical (unpaired) electrons. The first-order chi connectivity index (χ1) is 8.95. The Balaban J connectivity index is 2.53. The molecule has 0 fully saturated rings. The number of carbonyl (C=O) groups is 1. The van der Waals surface area contributed by atoms with Crippen LogP contribution >= 0.6 is 0 Å². The van der Waals surface area contributed by atoms with Gasteiger partial charge in [-0.1, -0.05) is 63.2 Å². The van der Waals surface area contributed by atoms with Crippen LogP contribution in [0.2, 0.25) is 0 Å². The number of ether oxygens (including phenoxy) is 1. The van der Waals surface area contributed by atoms with Gasteiger partial charge in [0.15, 0.2) is 5.78 Å². The second-order valence-electron chi connectivity index (χ2n) is 5.87. The summed E-state index contributed by atoms with van der Waals surface area (Å²) in [6, 6.07) is 13.8. The Kier molecular flexibility index (Phi) is 3.72. The summed E-state index contributed by atoms with van der Waals surface area (Å²) in [5, 5.41) is 2.07. The fraction of sp³-hybridized carbons (Fsp3) is 0.353. The molecule has 100 valence electrons. The predicted molar refractivity (Wildman–Crippen MR) is 78.5 cm³/mol. The first-order valence-corrected chi connectivity index (χ1v) is 6.50. The van der Waals surface area contributed by atoms with Gasteiger partial charge in [0.25, 0.3) is 0 Å². The van der Waals surface area contributed by atoms with Crippen molar-refractivity contribution in [3.8, 4) is 0 Å². The van der Waals surface area contributed by atoms with Gasteiger partial charge in [0.2, 0.25) is 0 Å². The van der Waals surface area contributed by atoms with Crippen LogP contribution in [0.3, 0.4) is 0 Å². The Morgan fingerprint density at radius 3 is 2.32 bits per heavy atom. The normalized spacial score (nSPS) is 13.5. The quantitative estimate of drug-likeness (QED) is 0.773. The van der Waals surface area contributed by atoms with E-state index in [-0.39, 0.29) is 11.2 Å². The second-order valence-corrected chi connectivity index (χ2v) is 5.87. The summed E-state index contributed by atoms with van der Waals surface area (Å²) in [6.45, 7) is 6.05. The van der Waals surface area contributed by atoms with Crippen molar-refractivity contribution in [1.29, 1.82) is 0 Å². The zero-order valence-electron chi connectivity index (χ0n) is 11.9. The number of hydrogen-bond donors (Lipinski definition) is 0. The van der Waals surface area contributed by atoms with Gasteiger partial charge in [-0.2, -0.15) is 0 Å². The van der Waals surface area contributed by atoms with Crippen LogP contribution in [-0.2, 0) is 4.74 Å². The van der Waals surface area contributed by atoms with Crippen molar-refractivity contribution >= 4 is 16.6 Å². The summed E-state index contributed by atoms with van der Waals surface area (Å²) >= 11 is 0. The third-order valence-corrected chi connectivity index (χ3v) is 3.32. The van der Waals surface area contributed by atoms with E-state index >= 15 is 0 Å². The number of rotatable bonds is 3. The lowest BCUT2D eigenvalue weighted by Crippen LogP contribution is -2.36. The highest BCUT2D eigenvalue weighted by Crippen LogP contribution is 2.28. The van der Waals surface area contributed by atoms with Gasteiger partial charge in [0.1, 0.15) is 6.10 Å². The molecule has 0 N–H and O–H groups in total. The third kappa shape index (κ3) is 2.69. The van der Waals surface area contributed by atoms with Crippen LogP contribution in [0.4, 0.5) is 0 Å². The minimum Gasteiger partial charge on any atom is -0.373 e. The van der Waals surface area contributed by atoms with E-state index in [4.69, 9.17) is 4.74 Å². The molecule has 0 aliphatic heterocycles. The van der Waals surface area contributed by atoms with E-state index in [2.05, 4.69) is 0 Å². The molecule has 0 aliphatic rings. The highest BCUT2D eigenvalue weighted by Gasteiger charge is 2.32. The molecule has 0 bridgehead atoms. The number of ketones is 1. The van der Waals surface area contributed by atoms with Gasteiger partial charge >= 0.3 is 0 Å². The summed E-state index contributed by atoms with van der Waals surface area (Å²) in [5.41, 5.74) is 0.517. The molecule has 2 heteroatoms. The molecule has 2 aromatic rings. The summed E-state index contributed by atoms with van der Waals surface area (Å²) in [5.74, 6) is 0.0480. The van der Waals surface area contributed by atoms with Crippen LogP contribution in [-0.4, -0.2) is 19.0 Å². The maximum Gasteiger partial charge on any atom is 0.192 e. The molecule has 19 heavy (non-hydrogen) atoms. The largest absolute Gasteiger partial charge is 0.373 e. The van der Waals surface area contributed by atoms with Crippen LogP contribution in [0.1, 0.15) is 31.1 Å². The van der Waals surface area contributed by atoms with Crippen molar-refractivity contribution in [3.63, 3.8) is 0 Å². The van der Waals surface area contributed by atoms with Gasteiger partial charge in [-0.3, -0.25) is 4.79 Å². The van der Waals surface area contributed by atoms with E-state index in [1.807, 2.05) is 63.2 Å². The third-order valence-electron chi connectivity index (χ3n) is 3.32. The molecular weight excluding hydrogens is 236 g/mol. The fourth-order valence-electron chi connectivity index (χ4n) is 2.44. The number of methoxy groups -OCH3 is 1. The smallest absolute Gasteiger partial charge is 0.192 e. The molecule has 0 saturated heterocycles. The number of benzene rings is 2. The van der Waals surface area contributed by atoms with Crippen LogP contribution in [0.5, 0.6) is 0 Å². The molecule has 2 aromatic carbocycles. The standard InChI is InChI=1S/C17H20O2/c1-17(2,3)16(19-4)15(18)14-11-7-9-12-8-5-6-10-13(12)14/h5-11,16H,1-4H3. The maximum atomic E-state index is 12.7. The van der Waals surface area contributed by atoms with Crippen molar-refractivity contribution in [3.05, 3.63) is 48.0 Å². The van der Waals surface area contributed by atoms with Gasteiger partial charge in [-0.15, -0.1) is 0 Å². The van der Waals surface area contributed by atoms with E-state index in [0.29, 0.717) is 0 Å².